The molecule has 4 nitrogen and oxygen atoms in total. The summed E-state index contributed by atoms with van der Waals surface area (Å²) in [6, 6.07) is 0.680. The van der Waals surface area contributed by atoms with Crippen LogP contribution in [0.3, 0.4) is 0 Å². The number of aryl methyl sites for hydroxylation is 1. The standard InChI is InChI=1S/C14H26N4/c1-3-17(12-14-7-5-6-8-15-14)10-13-9-16-18(4-2)11-13/h9,11,14-15H,3-8,10,12H2,1-2H3. The molecular weight excluding hydrogens is 224 g/mol. The number of likely N-dealkylation sites (N-methyl/N-ethyl adjacent to an activating group) is 1. The van der Waals surface area contributed by atoms with Gasteiger partial charge in [0.2, 0.25) is 0 Å². The minimum Gasteiger partial charge on any atom is -0.313 e. The van der Waals surface area contributed by atoms with Crippen molar-refractivity contribution in [2.24, 2.45) is 0 Å². The molecule has 4 heteroatoms. The lowest BCUT2D eigenvalue weighted by Gasteiger charge is -2.29. The molecule has 1 N–H and O–H groups in total. The lowest BCUT2D eigenvalue weighted by molar-refractivity contribution is 0.226. The Balaban J connectivity index is 1.84. The van der Waals surface area contributed by atoms with Crippen LogP contribution in [0, 0.1) is 0 Å². The Kier molecular flexibility index (Phi) is 5.20. The average Bonchev–Trinajstić information content (AvgIpc) is 2.87. The van der Waals surface area contributed by atoms with Crippen molar-refractivity contribution < 1.29 is 0 Å². The van der Waals surface area contributed by atoms with Crippen molar-refractivity contribution in [2.75, 3.05) is 19.6 Å². The quantitative estimate of drug-likeness (QED) is 0.836. The van der Waals surface area contributed by atoms with Gasteiger partial charge in [0, 0.05) is 37.4 Å². The summed E-state index contributed by atoms with van der Waals surface area (Å²) in [5.74, 6) is 0. The molecule has 0 saturated carbocycles. The highest BCUT2D eigenvalue weighted by Gasteiger charge is 2.16. The highest BCUT2D eigenvalue weighted by molar-refractivity contribution is 5.03. The van der Waals surface area contributed by atoms with Crippen molar-refractivity contribution in [3.05, 3.63) is 18.0 Å². The number of nitrogens with one attached hydrogen (secondary N) is 1. The minimum atomic E-state index is 0.680. The van der Waals surface area contributed by atoms with E-state index in [1.54, 1.807) is 0 Å². The highest BCUT2D eigenvalue weighted by atomic mass is 15.3. The van der Waals surface area contributed by atoms with Crippen molar-refractivity contribution in [1.82, 2.24) is 20.0 Å². The third kappa shape index (κ3) is 3.82. The van der Waals surface area contributed by atoms with Crippen LogP contribution < -0.4 is 5.32 Å². The molecule has 2 heterocycles. The second-order valence-electron chi connectivity index (χ2n) is 5.18. The lowest BCUT2D eigenvalue weighted by Crippen LogP contribution is -2.43. The molecule has 0 bridgehead atoms. The fourth-order valence-corrected chi connectivity index (χ4v) is 2.62. The molecular formula is C14H26N4. The van der Waals surface area contributed by atoms with Gasteiger partial charge in [0.1, 0.15) is 0 Å². The summed E-state index contributed by atoms with van der Waals surface area (Å²) < 4.78 is 2.00. The van der Waals surface area contributed by atoms with Crippen molar-refractivity contribution in [3.8, 4) is 0 Å². The molecule has 0 spiro atoms. The monoisotopic (exact) mass is 250 g/mol. The van der Waals surface area contributed by atoms with Gasteiger partial charge in [-0.3, -0.25) is 9.58 Å². The van der Waals surface area contributed by atoms with E-state index >= 15 is 0 Å². The lowest BCUT2D eigenvalue weighted by atomic mass is 10.0. The van der Waals surface area contributed by atoms with Crippen LogP contribution in [-0.4, -0.2) is 40.4 Å². The van der Waals surface area contributed by atoms with E-state index in [0.29, 0.717) is 6.04 Å². The highest BCUT2D eigenvalue weighted by Crippen LogP contribution is 2.10. The first-order chi connectivity index (χ1) is 8.81. The second-order valence-corrected chi connectivity index (χ2v) is 5.18. The van der Waals surface area contributed by atoms with E-state index in [9.17, 15) is 0 Å². The van der Waals surface area contributed by atoms with E-state index in [1.165, 1.54) is 31.4 Å². The third-order valence-electron chi connectivity index (χ3n) is 3.76. The first-order valence-corrected chi connectivity index (χ1v) is 7.29. The van der Waals surface area contributed by atoms with Crippen molar-refractivity contribution in [3.63, 3.8) is 0 Å². The van der Waals surface area contributed by atoms with Crippen molar-refractivity contribution in [2.45, 2.75) is 52.2 Å². The van der Waals surface area contributed by atoms with E-state index in [4.69, 9.17) is 0 Å². The predicted molar refractivity (Wildman–Crippen MR) is 74.5 cm³/mol. The molecule has 102 valence electrons. The van der Waals surface area contributed by atoms with Crippen molar-refractivity contribution in [1.29, 1.82) is 0 Å². The smallest absolute Gasteiger partial charge is 0.0534 e. The normalized spacial score (nSPS) is 20.5. The fraction of sp³-hybridized carbons (Fsp3) is 0.786. The minimum absolute atomic E-state index is 0.680. The SMILES string of the molecule is CCN(Cc1cnn(CC)c1)CC1CCCCN1. The summed E-state index contributed by atoms with van der Waals surface area (Å²) >= 11 is 0. The van der Waals surface area contributed by atoms with Gasteiger partial charge < -0.3 is 5.32 Å². The van der Waals surface area contributed by atoms with Crippen molar-refractivity contribution >= 4 is 0 Å². The molecule has 2 rings (SSSR count). The van der Waals surface area contributed by atoms with Crippen LogP contribution in [0.25, 0.3) is 0 Å². The number of aromatic nitrogens is 2. The molecule has 1 aliphatic heterocycles. The van der Waals surface area contributed by atoms with Crippen LogP contribution >= 0.6 is 0 Å². The largest absolute Gasteiger partial charge is 0.313 e. The maximum absolute atomic E-state index is 4.34. The van der Waals surface area contributed by atoms with E-state index in [2.05, 4.69) is 35.4 Å². The van der Waals surface area contributed by atoms with Crippen LogP contribution in [0.2, 0.25) is 0 Å². The van der Waals surface area contributed by atoms with Gasteiger partial charge in [-0.1, -0.05) is 13.3 Å². The topological polar surface area (TPSA) is 33.1 Å². The summed E-state index contributed by atoms with van der Waals surface area (Å²) in [7, 11) is 0. The molecule has 0 aromatic carbocycles. The fourth-order valence-electron chi connectivity index (χ4n) is 2.62. The van der Waals surface area contributed by atoms with Gasteiger partial charge in [-0.2, -0.15) is 5.10 Å². The molecule has 1 atom stereocenters. The first kappa shape index (κ1) is 13.6. The average molecular weight is 250 g/mol. The molecule has 0 aliphatic carbocycles. The van der Waals surface area contributed by atoms with Crippen LogP contribution in [-0.2, 0) is 13.1 Å². The van der Waals surface area contributed by atoms with Gasteiger partial charge in [0.05, 0.1) is 6.20 Å². The van der Waals surface area contributed by atoms with Gasteiger partial charge in [0.15, 0.2) is 0 Å². The van der Waals surface area contributed by atoms with E-state index in [0.717, 1.165) is 26.2 Å². The summed E-state index contributed by atoms with van der Waals surface area (Å²) in [4.78, 5) is 2.51. The molecule has 0 amide bonds. The Labute approximate surface area is 110 Å². The second kappa shape index (κ2) is 6.90. The van der Waals surface area contributed by atoms with Gasteiger partial charge in [-0.15, -0.1) is 0 Å². The number of nitrogens with zero attached hydrogens (tertiary/aromatic N) is 3. The zero-order valence-corrected chi connectivity index (χ0v) is 11.7. The summed E-state index contributed by atoms with van der Waals surface area (Å²) in [6.07, 6.45) is 8.21. The van der Waals surface area contributed by atoms with Crippen LogP contribution in [0.4, 0.5) is 0 Å². The Morgan fingerprint density at radius 3 is 2.94 bits per heavy atom. The number of hydrogen-bond acceptors (Lipinski definition) is 3. The zero-order valence-electron chi connectivity index (χ0n) is 11.7. The zero-order chi connectivity index (χ0) is 12.8. The van der Waals surface area contributed by atoms with E-state index in [1.807, 2.05) is 10.9 Å². The first-order valence-electron chi connectivity index (χ1n) is 7.29. The van der Waals surface area contributed by atoms with Crippen LogP contribution in [0.15, 0.2) is 12.4 Å². The van der Waals surface area contributed by atoms with E-state index in [-0.39, 0.29) is 0 Å². The van der Waals surface area contributed by atoms with Gasteiger partial charge in [-0.05, 0) is 32.9 Å². The molecule has 1 saturated heterocycles. The molecule has 0 radical (unpaired) electrons. The summed E-state index contributed by atoms with van der Waals surface area (Å²) in [5, 5.41) is 7.97. The maximum Gasteiger partial charge on any atom is 0.0534 e. The molecule has 1 fully saturated rings. The number of piperidine rings is 1. The Morgan fingerprint density at radius 2 is 2.33 bits per heavy atom. The number of rotatable bonds is 6. The molecule has 1 aliphatic rings. The molecule has 1 aromatic rings. The molecule has 1 aromatic heterocycles. The van der Waals surface area contributed by atoms with Gasteiger partial charge >= 0.3 is 0 Å². The van der Waals surface area contributed by atoms with Gasteiger partial charge in [0.25, 0.3) is 0 Å². The Morgan fingerprint density at radius 1 is 1.44 bits per heavy atom. The summed E-state index contributed by atoms with van der Waals surface area (Å²) in [5.41, 5.74) is 1.33. The molecule has 18 heavy (non-hydrogen) atoms. The predicted octanol–water partition coefficient (Wildman–Crippen LogP) is 1.87. The molecule has 1 unspecified atom stereocenters. The third-order valence-corrected chi connectivity index (χ3v) is 3.76. The van der Waals surface area contributed by atoms with Crippen LogP contribution in [0.5, 0.6) is 0 Å². The van der Waals surface area contributed by atoms with Gasteiger partial charge in [-0.25, -0.2) is 0 Å². The number of hydrogen-bond donors (Lipinski definition) is 1. The Hall–Kier alpha value is -0.870. The Bertz CT molecular complexity index is 341. The van der Waals surface area contributed by atoms with E-state index < -0.39 is 0 Å². The maximum atomic E-state index is 4.34. The van der Waals surface area contributed by atoms with Crippen LogP contribution in [0.1, 0.15) is 38.7 Å². The summed E-state index contributed by atoms with van der Waals surface area (Å²) in [6.45, 7) is 9.80.